The van der Waals surface area contributed by atoms with Gasteiger partial charge in [0.05, 0.1) is 0 Å². The lowest BCUT2D eigenvalue weighted by Crippen LogP contribution is -2.20. The summed E-state index contributed by atoms with van der Waals surface area (Å²) in [6, 6.07) is 0. The average Bonchev–Trinajstić information content (AvgIpc) is 2.08. The molecule has 0 heterocycles. The first kappa shape index (κ1) is 8.38. The van der Waals surface area contributed by atoms with Crippen LogP contribution in [0.4, 0.5) is 8.78 Å². The highest BCUT2D eigenvalue weighted by atomic mass is 19.1. The Morgan fingerprint density at radius 3 is 1.33 bits per heavy atom. The van der Waals surface area contributed by atoms with E-state index in [1.165, 1.54) is 0 Å². The third-order valence-corrected chi connectivity index (χ3v) is 1.24. The van der Waals surface area contributed by atoms with E-state index in [0.29, 0.717) is 0 Å². The molecule has 0 saturated carbocycles. The van der Waals surface area contributed by atoms with E-state index in [9.17, 15) is 18.4 Å². The molecule has 0 aromatic carbocycles. The molecule has 0 aromatic heterocycles. The van der Waals surface area contributed by atoms with Crippen molar-refractivity contribution in [1.29, 1.82) is 0 Å². The molecule has 0 aliphatic heterocycles. The maximum atomic E-state index is 12.3. The van der Waals surface area contributed by atoms with Crippen molar-refractivity contribution < 1.29 is 28.6 Å². The summed E-state index contributed by atoms with van der Waals surface area (Å²) in [4.78, 5) is 20.8. The lowest BCUT2D eigenvalue weighted by atomic mass is 10.1. The van der Waals surface area contributed by atoms with Crippen molar-refractivity contribution in [2.45, 2.75) is 0 Å². The van der Waals surface area contributed by atoms with Crippen LogP contribution in [-0.4, -0.2) is 21.8 Å². The van der Waals surface area contributed by atoms with E-state index in [0.717, 1.165) is 0 Å². The number of allylic oxidation sites excluding steroid dienone is 2. The fourth-order valence-electron chi connectivity index (χ4n) is 0.622. The fraction of sp³-hybridized carbons (Fsp3) is 0. The summed E-state index contributed by atoms with van der Waals surface area (Å²) in [6.45, 7) is 0. The van der Waals surface area contributed by atoms with Crippen LogP contribution in [0.15, 0.2) is 23.2 Å². The van der Waals surface area contributed by atoms with Crippen LogP contribution in [-0.2, 0) is 9.59 Å². The van der Waals surface area contributed by atoms with Gasteiger partial charge in [-0.25, -0.2) is 0 Å². The van der Waals surface area contributed by atoms with Crippen LogP contribution in [0.3, 0.4) is 0 Å². The van der Waals surface area contributed by atoms with Gasteiger partial charge in [0.25, 0.3) is 11.6 Å². The number of Topliss-reactive ketones (excluding diaryl/α,β-unsaturated/α-hetero) is 2. The Balaban J connectivity index is 3.32. The number of carbonyl (C=O) groups is 2. The summed E-state index contributed by atoms with van der Waals surface area (Å²) >= 11 is 0. The van der Waals surface area contributed by atoms with Gasteiger partial charge in [0, 0.05) is 0 Å². The van der Waals surface area contributed by atoms with Crippen molar-refractivity contribution in [3.8, 4) is 0 Å². The number of carbonyl (C=O) groups excluding carboxylic acids is 2. The number of hydrogen-bond acceptors (Lipinski definition) is 4. The molecule has 0 amide bonds. The van der Waals surface area contributed by atoms with Crippen molar-refractivity contribution in [2.75, 3.05) is 0 Å². The van der Waals surface area contributed by atoms with Crippen LogP contribution >= 0.6 is 0 Å². The highest BCUT2D eigenvalue weighted by Gasteiger charge is 2.35. The third kappa shape index (κ3) is 0.884. The minimum Gasteiger partial charge on any atom is -0.502 e. The molecular formula is C6H2F2O4. The van der Waals surface area contributed by atoms with Crippen LogP contribution < -0.4 is 0 Å². The standard InChI is InChI=1S/C6H2F2O4/c7-1-3(9)5(11)2(8)6(12)4(1)10/h9,12H. The second-order valence-corrected chi connectivity index (χ2v) is 1.98. The highest BCUT2D eigenvalue weighted by molar-refractivity contribution is 6.21. The van der Waals surface area contributed by atoms with Crippen molar-refractivity contribution in [3.63, 3.8) is 0 Å². The van der Waals surface area contributed by atoms with Crippen molar-refractivity contribution >= 4 is 11.6 Å². The Bertz CT molecular complexity index is 277. The summed E-state index contributed by atoms with van der Waals surface area (Å²) in [7, 11) is 0. The van der Waals surface area contributed by atoms with E-state index >= 15 is 0 Å². The predicted molar refractivity (Wildman–Crippen MR) is 31.5 cm³/mol. The second kappa shape index (κ2) is 2.40. The Morgan fingerprint density at radius 1 is 0.833 bits per heavy atom. The Morgan fingerprint density at radius 2 is 1.08 bits per heavy atom. The monoisotopic (exact) mass is 176 g/mol. The van der Waals surface area contributed by atoms with Gasteiger partial charge in [-0.05, 0) is 0 Å². The first-order valence-corrected chi connectivity index (χ1v) is 2.73. The summed E-state index contributed by atoms with van der Waals surface area (Å²) in [5, 5.41) is 16.9. The molecule has 6 heteroatoms. The topological polar surface area (TPSA) is 74.6 Å². The minimum absolute atomic E-state index is 1.62. The zero-order valence-corrected chi connectivity index (χ0v) is 5.47. The largest absolute Gasteiger partial charge is 0.502 e. The molecule has 0 bridgehead atoms. The quantitative estimate of drug-likeness (QED) is 0.530. The Hall–Kier alpha value is -1.72. The van der Waals surface area contributed by atoms with Gasteiger partial charge >= 0.3 is 0 Å². The maximum Gasteiger partial charge on any atom is 0.262 e. The lowest BCUT2D eigenvalue weighted by Gasteiger charge is -2.06. The predicted octanol–water partition coefficient (Wildman–Crippen LogP) is 0.616. The molecule has 0 saturated heterocycles. The van der Waals surface area contributed by atoms with Gasteiger partial charge in [-0.3, -0.25) is 9.59 Å². The molecule has 1 aliphatic carbocycles. The molecule has 0 atom stereocenters. The first-order valence-electron chi connectivity index (χ1n) is 2.73. The normalized spacial score (nSPS) is 19.2. The van der Waals surface area contributed by atoms with Gasteiger partial charge in [-0.2, -0.15) is 8.78 Å². The van der Waals surface area contributed by atoms with Gasteiger partial charge < -0.3 is 10.2 Å². The van der Waals surface area contributed by atoms with Crippen LogP contribution in [0.25, 0.3) is 0 Å². The molecular weight excluding hydrogens is 174 g/mol. The van der Waals surface area contributed by atoms with Crippen LogP contribution in [0.5, 0.6) is 0 Å². The summed E-state index contributed by atoms with van der Waals surface area (Å²) < 4.78 is 24.7. The van der Waals surface area contributed by atoms with Gasteiger partial charge in [0.1, 0.15) is 0 Å². The summed E-state index contributed by atoms with van der Waals surface area (Å²) in [5.41, 5.74) is 0. The highest BCUT2D eigenvalue weighted by Crippen LogP contribution is 2.22. The number of aliphatic hydroxyl groups excluding tert-OH is 2. The van der Waals surface area contributed by atoms with Crippen molar-refractivity contribution in [3.05, 3.63) is 23.2 Å². The first-order chi connectivity index (χ1) is 5.46. The van der Waals surface area contributed by atoms with Crippen molar-refractivity contribution in [1.82, 2.24) is 0 Å². The van der Waals surface area contributed by atoms with Crippen molar-refractivity contribution in [2.24, 2.45) is 0 Å². The molecule has 64 valence electrons. The maximum absolute atomic E-state index is 12.3. The van der Waals surface area contributed by atoms with Gasteiger partial charge in [0.15, 0.2) is 0 Å². The van der Waals surface area contributed by atoms with Gasteiger partial charge in [0.2, 0.25) is 23.2 Å². The van der Waals surface area contributed by atoms with Crippen LogP contribution in [0.1, 0.15) is 0 Å². The number of ketones is 2. The fourth-order valence-corrected chi connectivity index (χ4v) is 0.622. The zero-order valence-electron chi connectivity index (χ0n) is 5.47. The minimum atomic E-state index is -1.85. The average molecular weight is 176 g/mol. The molecule has 12 heavy (non-hydrogen) atoms. The van der Waals surface area contributed by atoms with Gasteiger partial charge in [-0.1, -0.05) is 0 Å². The Kier molecular flexibility index (Phi) is 1.68. The zero-order chi connectivity index (χ0) is 9.46. The molecule has 0 fully saturated rings. The number of aliphatic hydroxyl groups is 2. The Labute approximate surface area is 64.4 Å². The molecule has 1 rings (SSSR count). The van der Waals surface area contributed by atoms with E-state index in [4.69, 9.17) is 10.2 Å². The van der Waals surface area contributed by atoms with E-state index in [2.05, 4.69) is 0 Å². The van der Waals surface area contributed by atoms with E-state index in [1.807, 2.05) is 0 Å². The molecule has 0 radical (unpaired) electrons. The number of rotatable bonds is 0. The molecule has 0 aromatic rings. The SMILES string of the molecule is O=C1C(O)=C(F)C(=O)C(O)=C1F. The van der Waals surface area contributed by atoms with Gasteiger partial charge in [-0.15, -0.1) is 0 Å². The molecule has 0 unspecified atom stereocenters. The number of hydrogen-bond donors (Lipinski definition) is 2. The van der Waals surface area contributed by atoms with Crippen LogP contribution in [0.2, 0.25) is 0 Å². The lowest BCUT2D eigenvalue weighted by molar-refractivity contribution is -0.122. The number of halogens is 2. The molecule has 4 nitrogen and oxygen atoms in total. The summed E-state index contributed by atoms with van der Waals surface area (Å²) in [5.74, 6) is -10.4. The molecule has 2 N–H and O–H groups in total. The van der Waals surface area contributed by atoms with Crippen LogP contribution in [0, 0.1) is 0 Å². The van der Waals surface area contributed by atoms with E-state index < -0.39 is 34.7 Å². The third-order valence-electron chi connectivity index (χ3n) is 1.24. The van der Waals surface area contributed by atoms with E-state index in [1.54, 1.807) is 0 Å². The smallest absolute Gasteiger partial charge is 0.262 e. The second-order valence-electron chi connectivity index (χ2n) is 1.98. The van der Waals surface area contributed by atoms with E-state index in [-0.39, 0.29) is 0 Å². The summed E-state index contributed by atoms with van der Waals surface area (Å²) in [6.07, 6.45) is 0. The molecule has 0 spiro atoms. The molecule has 1 aliphatic rings.